The molecule has 0 amide bonds. The van der Waals surface area contributed by atoms with E-state index in [2.05, 4.69) is 11.8 Å². The van der Waals surface area contributed by atoms with Crippen molar-refractivity contribution in [1.82, 2.24) is 0 Å². The third-order valence-electron chi connectivity index (χ3n) is 3.05. The zero-order chi connectivity index (χ0) is 13.0. The van der Waals surface area contributed by atoms with Gasteiger partial charge in [-0.2, -0.15) is 0 Å². The third kappa shape index (κ3) is 3.04. The van der Waals surface area contributed by atoms with E-state index in [4.69, 9.17) is 14.3 Å². The van der Waals surface area contributed by atoms with Crippen LogP contribution in [0.15, 0.2) is 16.5 Å². The van der Waals surface area contributed by atoms with E-state index in [0.29, 0.717) is 5.88 Å². The summed E-state index contributed by atoms with van der Waals surface area (Å²) < 4.78 is 11.0. The molecule has 1 aliphatic rings. The molecular formula is C13H19NO4. The molecule has 0 aliphatic carbocycles. The quantitative estimate of drug-likeness (QED) is 0.872. The van der Waals surface area contributed by atoms with Crippen LogP contribution < -0.4 is 4.90 Å². The summed E-state index contributed by atoms with van der Waals surface area (Å²) in [5.41, 5.74) is 0. The number of anilines is 1. The van der Waals surface area contributed by atoms with E-state index in [0.717, 1.165) is 39.0 Å². The second kappa shape index (κ2) is 5.91. The molecule has 0 radical (unpaired) electrons. The molecule has 0 bridgehead atoms. The van der Waals surface area contributed by atoms with Crippen molar-refractivity contribution in [1.29, 1.82) is 0 Å². The normalized spacial score (nSPS) is 20.1. The number of nitrogens with zero attached hydrogens (tertiary/aromatic N) is 1. The number of aromatic carboxylic acids is 1. The lowest BCUT2D eigenvalue weighted by Gasteiger charge is -2.32. The molecule has 1 aliphatic heterocycles. The predicted molar refractivity (Wildman–Crippen MR) is 67.1 cm³/mol. The van der Waals surface area contributed by atoms with Gasteiger partial charge in [0.25, 0.3) is 0 Å². The molecule has 1 unspecified atom stereocenters. The number of carboxylic acids is 1. The van der Waals surface area contributed by atoms with E-state index >= 15 is 0 Å². The van der Waals surface area contributed by atoms with Crippen LogP contribution in [0.25, 0.3) is 0 Å². The van der Waals surface area contributed by atoms with Gasteiger partial charge in [-0.1, -0.05) is 6.92 Å². The first-order valence-electron chi connectivity index (χ1n) is 6.40. The lowest BCUT2D eigenvalue weighted by molar-refractivity contribution is 0.0432. The fourth-order valence-electron chi connectivity index (χ4n) is 2.17. The van der Waals surface area contributed by atoms with E-state index in [1.807, 2.05) is 0 Å². The molecule has 2 rings (SSSR count). The van der Waals surface area contributed by atoms with Crippen LogP contribution in [0.3, 0.4) is 0 Å². The largest absolute Gasteiger partial charge is 0.475 e. The molecule has 0 saturated carbocycles. The number of ether oxygens (including phenoxy) is 1. The number of carboxylic acid groups (broad SMARTS) is 1. The first-order chi connectivity index (χ1) is 8.70. The molecule has 1 aromatic rings. The van der Waals surface area contributed by atoms with Crippen LogP contribution in [-0.2, 0) is 4.74 Å². The SMILES string of the molecule is CCCOC1CCCN(c2ccc(C(=O)O)o2)C1. The highest BCUT2D eigenvalue weighted by Gasteiger charge is 2.23. The fourth-order valence-corrected chi connectivity index (χ4v) is 2.17. The maximum atomic E-state index is 10.8. The molecule has 1 aromatic heterocycles. The van der Waals surface area contributed by atoms with Gasteiger partial charge in [-0.05, 0) is 25.3 Å². The molecule has 1 fully saturated rings. The number of carbonyl (C=O) groups is 1. The van der Waals surface area contributed by atoms with Crippen molar-refractivity contribution in [3.05, 3.63) is 17.9 Å². The third-order valence-corrected chi connectivity index (χ3v) is 3.05. The lowest BCUT2D eigenvalue weighted by Crippen LogP contribution is -2.39. The average molecular weight is 253 g/mol. The Morgan fingerprint density at radius 1 is 1.61 bits per heavy atom. The van der Waals surface area contributed by atoms with Crippen LogP contribution in [0.4, 0.5) is 5.88 Å². The summed E-state index contributed by atoms with van der Waals surface area (Å²) >= 11 is 0. The maximum absolute atomic E-state index is 10.8. The Hall–Kier alpha value is -1.49. The molecular weight excluding hydrogens is 234 g/mol. The first kappa shape index (κ1) is 13.0. The second-order valence-corrected chi connectivity index (χ2v) is 4.52. The van der Waals surface area contributed by atoms with Crippen LogP contribution >= 0.6 is 0 Å². The van der Waals surface area contributed by atoms with Gasteiger partial charge in [-0.3, -0.25) is 0 Å². The summed E-state index contributed by atoms with van der Waals surface area (Å²) in [5, 5.41) is 8.83. The number of rotatable bonds is 5. The standard InChI is InChI=1S/C13H19NO4/c1-2-8-17-10-4-3-7-14(9-10)12-6-5-11(18-12)13(15)16/h5-6,10H,2-4,7-9H2,1H3,(H,15,16). The molecule has 18 heavy (non-hydrogen) atoms. The molecule has 1 N–H and O–H groups in total. The maximum Gasteiger partial charge on any atom is 0.371 e. The monoisotopic (exact) mass is 253 g/mol. The van der Waals surface area contributed by atoms with Crippen LogP contribution in [0, 0.1) is 0 Å². The smallest absolute Gasteiger partial charge is 0.371 e. The van der Waals surface area contributed by atoms with Crippen molar-refractivity contribution < 1.29 is 19.1 Å². The van der Waals surface area contributed by atoms with E-state index in [1.165, 1.54) is 6.07 Å². The van der Waals surface area contributed by atoms with Gasteiger partial charge in [0, 0.05) is 25.8 Å². The van der Waals surface area contributed by atoms with Gasteiger partial charge in [0.2, 0.25) is 5.76 Å². The van der Waals surface area contributed by atoms with Crippen molar-refractivity contribution in [3.63, 3.8) is 0 Å². The van der Waals surface area contributed by atoms with Crippen LogP contribution in [0.2, 0.25) is 0 Å². The molecule has 2 heterocycles. The highest BCUT2D eigenvalue weighted by Crippen LogP contribution is 2.23. The molecule has 0 spiro atoms. The summed E-state index contributed by atoms with van der Waals surface area (Å²) in [6.07, 6.45) is 3.33. The van der Waals surface area contributed by atoms with E-state index in [-0.39, 0.29) is 11.9 Å². The number of piperidine rings is 1. The molecule has 1 saturated heterocycles. The lowest BCUT2D eigenvalue weighted by atomic mass is 10.1. The number of hydrogen-bond acceptors (Lipinski definition) is 4. The van der Waals surface area contributed by atoms with Crippen molar-refractivity contribution in [2.75, 3.05) is 24.6 Å². The van der Waals surface area contributed by atoms with Crippen molar-refractivity contribution in [2.45, 2.75) is 32.3 Å². The van der Waals surface area contributed by atoms with Gasteiger partial charge < -0.3 is 19.2 Å². The Kier molecular flexibility index (Phi) is 4.25. The average Bonchev–Trinajstić information content (AvgIpc) is 2.86. The Balaban J connectivity index is 1.96. The fraction of sp³-hybridized carbons (Fsp3) is 0.615. The molecule has 5 heteroatoms. The Labute approximate surface area is 106 Å². The second-order valence-electron chi connectivity index (χ2n) is 4.52. The summed E-state index contributed by atoms with van der Waals surface area (Å²) in [6.45, 7) is 4.52. The van der Waals surface area contributed by atoms with Gasteiger partial charge >= 0.3 is 5.97 Å². The minimum Gasteiger partial charge on any atom is -0.475 e. The zero-order valence-corrected chi connectivity index (χ0v) is 10.6. The van der Waals surface area contributed by atoms with Crippen LogP contribution in [0.1, 0.15) is 36.7 Å². The Morgan fingerprint density at radius 2 is 2.44 bits per heavy atom. The van der Waals surface area contributed by atoms with Gasteiger partial charge in [-0.15, -0.1) is 0 Å². The molecule has 5 nitrogen and oxygen atoms in total. The molecule has 1 atom stereocenters. The topological polar surface area (TPSA) is 62.9 Å². The van der Waals surface area contributed by atoms with Gasteiger partial charge in [-0.25, -0.2) is 4.79 Å². The summed E-state index contributed by atoms with van der Waals surface area (Å²) in [4.78, 5) is 12.8. The summed E-state index contributed by atoms with van der Waals surface area (Å²) in [6, 6.07) is 3.21. The summed E-state index contributed by atoms with van der Waals surface area (Å²) in [5.74, 6) is -0.421. The molecule has 0 aromatic carbocycles. The van der Waals surface area contributed by atoms with Crippen molar-refractivity contribution in [2.24, 2.45) is 0 Å². The van der Waals surface area contributed by atoms with Gasteiger partial charge in [0.15, 0.2) is 5.88 Å². The minimum absolute atomic E-state index is 0.0124. The highest BCUT2D eigenvalue weighted by molar-refractivity contribution is 5.84. The van der Waals surface area contributed by atoms with E-state index in [9.17, 15) is 4.79 Å². The van der Waals surface area contributed by atoms with Gasteiger partial charge in [0.1, 0.15) is 0 Å². The molecule has 100 valence electrons. The van der Waals surface area contributed by atoms with E-state index < -0.39 is 5.97 Å². The van der Waals surface area contributed by atoms with E-state index in [1.54, 1.807) is 6.07 Å². The minimum atomic E-state index is -1.03. The predicted octanol–water partition coefficient (Wildman–Crippen LogP) is 2.37. The van der Waals surface area contributed by atoms with Crippen LogP contribution in [0.5, 0.6) is 0 Å². The number of furan rings is 1. The highest BCUT2D eigenvalue weighted by atomic mass is 16.5. The van der Waals surface area contributed by atoms with Gasteiger partial charge in [0.05, 0.1) is 6.10 Å². The van der Waals surface area contributed by atoms with Crippen molar-refractivity contribution >= 4 is 11.9 Å². The first-order valence-corrected chi connectivity index (χ1v) is 6.40. The van der Waals surface area contributed by atoms with Crippen LogP contribution in [-0.4, -0.2) is 36.9 Å². The Morgan fingerprint density at radius 3 is 3.11 bits per heavy atom. The summed E-state index contributed by atoms with van der Waals surface area (Å²) in [7, 11) is 0. The Bertz CT molecular complexity index is 401. The zero-order valence-electron chi connectivity index (χ0n) is 10.6. The number of hydrogen-bond donors (Lipinski definition) is 1. The van der Waals surface area contributed by atoms with Crippen molar-refractivity contribution in [3.8, 4) is 0 Å².